The molecule has 0 aliphatic carbocycles. The smallest absolute Gasteiger partial charge is 0.303 e. The average Bonchev–Trinajstić information content (AvgIpc) is 2.58. The van der Waals surface area contributed by atoms with Gasteiger partial charge in [-0.2, -0.15) is 0 Å². The summed E-state index contributed by atoms with van der Waals surface area (Å²) in [6.07, 6.45) is -0.109. The Balaban J connectivity index is 2.01. The Morgan fingerprint density at radius 3 is 2.46 bits per heavy atom. The van der Waals surface area contributed by atoms with Crippen molar-refractivity contribution in [1.29, 1.82) is 0 Å². The maximum atomic E-state index is 12.2. The molecule has 0 saturated carbocycles. The molecule has 0 bridgehead atoms. The van der Waals surface area contributed by atoms with E-state index in [9.17, 15) is 18.0 Å². The summed E-state index contributed by atoms with van der Waals surface area (Å²) >= 11 is 5.88. The van der Waals surface area contributed by atoms with Gasteiger partial charge in [-0.3, -0.25) is 14.3 Å². The summed E-state index contributed by atoms with van der Waals surface area (Å²) in [6.45, 7) is 0. The van der Waals surface area contributed by atoms with E-state index in [1.807, 2.05) is 0 Å². The number of nitrogens with one attached hydrogen (secondary N) is 1. The zero-order valence-electron chi connectivity index (χ0n) is 13.8. The predicted octanol–water partition coefficient (Wildman–Crippen LogP) is 3.37. The number of hydrogen-bond donors (Lipinski definition) is 2. The van der Waals surface area contributed by atoms with Gasteiger partial charge < -0.3 is 5.11 Å². The second kappa shape index (κ2) is 8.82. The number of carboxylic acids is 1. The first kappa shape index (κ1) is 19.9. The van der Waals surface area contributed by atoms with Gasteiger partial charge in [0, 0.05) is 22.7 Å². The summed E-state index contributed by atoms with van der Waals surface area (Å²) < 4.78 is 26.9. The number of halogens is 1. The minimum absolute atomic E-state index is 0.134. The molecule has 0 amide bonds. The summed E-state index contributed by atoms with van der Waals surface area (Å²) in [5.74, 6) is -1.55. The summed E-state index contributed by atoms with van der Waals surface area (Å²) in [5, 5.41) is 9.18. The molecule has 2 N–H and O–H groups in total. The SMILES string of the molecule is O=C(O)CCC(=O)c1cccc(NS(=O)(=O)CCc2cccc(Cl)c2)c1. The first-order valence-electron chi connectivity index (χ1n) is 7.85. The van der Waals surface area contributed by atoms with Gasteiger partial charge in [-0.05, 0) is 36.2 Å². The molecule has 2 aromatic carbocycles. The van der Waals surface area contributed by atoms with Gasteiger partial charge >= 0.3 is 5.97 Å². The van der Waals surface area contributed by atoms with Crippen molar-refractivity contribution >= 4 is 39.1 Å². The van der Waals surface area contributed by atoms with Crippen molar-refractivity contribution in [3.63, 3.8) is 0 Å². The van der Waals surface area contributed by atoms with E-state index in [1.54, 1.807) is 30.3 Å². The van der Waals surface area contributed by atoms with Gasteiger partial charge in [-0.1, -0.05) is 35.9 Å². The van der Waals surface area contributed by atoms with Crippen molar-refractivity contribution in [1.82, 2.24) is 0 Å². The number of aliphatic carboxylic acids is 1. The summed E-state index contributed by atoms with van der Waals surface area (Å²) in [4.78, 5) is 22.5. The lowest BCUT2D eigenvalue weighted by Gasteiger charge is -2.09. The van der Waals surface area contributed by atoms with E-state index in [-0.39, 0.29) is 35.6 Å². The minimum Gasteiger partial charge on any atom is -0.481 e. The predicted molar refractivity (Wildman–Crippen MR) is 100 cm³/mol. The molecule has 0 aromatic heterocycles. The van der Waals surface area contributed by atoms with E-state index in [0.717, 1.165) is 5.56 Å². The lowest BCUT2D eigenvalue weighted by atomic mass is 10.1. The van der Waals surface area contributed by atoms with Crippen molar-refractivity contribution in [2.75, 3.05) is 10.5 Å². The molecular formula is C18H18ClNO5S. The molecule has 2 rings (SSSR count). The second-order valence-corrected chi connectivity index (χ2v) is 7.98. The molecule has 0 saturated heterocycles. The largest absolute Gasteiger partial charge is 0.481 e. The number of rotatable bonds is 9. The zero-order valence-corrected chi connectivity index (χ0v) is 15.4. The van der Waals surface area contributed by atoms with Gasteiger partial charge in [0.15, 0.2) is 5.78 Å². The summed E-state index contributed by atoms with van der Waals surface area (Å²) in [7, 11) is -3.61. The number of Topliss-reactive ketones (excluding diaryl/α,β-unsaturated/α-hetero) is 1. The third-order valence-corrected chi connectivity index (χ3v) is 5.10. The van der Waals surface area contributed by atoms with Gasteiger partial charge in [0.1, 0.15) is 0 Å². The third kappa shape index (κ3) is 6.50. The van der Waals surface area contributed by atoms with E-state index in [0.29, 0.717) is 11.4 Å². The van der Waals surface area contributed by atoms with Crippen LogP contribution in [0.15, 0.2) is 48.5 Å². The van der Waals surface area contributed by atoms with Crippen molar-refractivity contribution in [3.8, 4) is 0 Å². The first-order chi connectivity index (χ1) is 12.2. The van der Waals surface area contributed by atoms with Gasteiger partial charge in [-0.15, -0.1) is 0 Å². The molecule has 0 radical (unpaired) electrons. The Hall–Kier alpha value is -2.38. The topological polar surface area (TPSA) is 101 Å². The zero-order chi connectivity index (χ0) is 19.2. The summed E-state index contributed by atoms with van der Waals surface area (Å²) in [6, 6.07) is 13.0. The van der Waals surface area contributed by atoms with E-state index in [2.05, 4.69) is 4.72 Å². The van der Waals surface area contributed by atoms with E-state index < -0.39 is 16.0 Å². The monoisotopic (exact) mass is 395 g/mol. The lowest BCUT2D eigenvalue weighted by Crippen LogP contribution is -2.18. The lowest BCUT2D eigenvalue weighted by molar-refractivity contribution is -0.136. The van der Waals surface area contributed by atoms with Crippen molar-refractivity contribution in [3.05, 3.63) is 64.7 Å². The number of benzene rings is 2. The number of aryl methyl sites for hydroxylation is 1. The maximum absolute atomic E-state index is 12.2. The van der Waals surface area contributed by atoms with Crippen LogP contribution in [-0.4, -0.2) is 31.0 Å². The van der Waals surface area contributed by atoms with Gasteiger partial charge in [0.05, 0.1) is 12.2 Å². The minimum atomic E-state index is -3.61. The van der Waals surface area contributed by atoms with Crippen LogP contribution in [0, 0.1) is 0 Å². The van der Waals surface area contributed by atoms with Gasteiger partial charge in [0.25, 0.3) is 0 Å². The number of ketones is 1. The fourth-order valence-corrected chi connectivity index (χ4v) is 3.60. The van der Waals surface area contributed by atoms with Crippen LogP contribution < -0.4 is 4.72 Å². The van der Waals surface area contributed by atoms with Crippen LogP contribution in [0.1, 0.15) is 28.8 Å². The molecule has 138 valence electrons. The number of carbonyl (C=O) groups excluding carboxylic acids is 1. The Morgan fingerprint density at radius 2 is 1.77 bits per heavy atom. The highest BCUT2D eigenvalue weighted by Crippen LogP contribution is 2.16. The van der Waals surface area contributed by atoms with Crippen LogP contribution in [0.5, 0.6) is 0 Å². The Bertz CT molecular complexity index is 911. The molecule has 0 fully saturated rings. The Labute approximate surface area is 156 Å². The molecule has 6 nitrogen and oxygen atoms in total. The highest BCUT2D eigenvalue weighted by molar-refractivity contribution is 7.92. The molecule has 0 atom stereocenters. The van der Waals surface area contributed by atoms with Crippen LogP contribution in [0.2, 0.25) is 5.02 Å². The molecular weight excluding hydrogens is 378 g/mol. The Kier molecular flexibility index (Phi) is 6.76. The van der Waals surface area contributed by atoms with Crippen molar-refractivity contribution < 1.29 is 23.1 Å². The van der Waals surface area contributed by atoms with Crippen molar-refractivity contribution in [2.45, 2.75) is 19.3 Å². The fourth-order valence-electron chi connectivity index (χ4n) is 2.30. The molecule has 26 heavy (non-hydrogen) atoms. The first-order valence-corrected chi connectivity index (χ1v) is 9.88. The highest BCUT2D eigenvalue weighted by atomic mass is 35.5. The normalized spacial score (nSPS) is 11.1. The maximum Gasteiger partial charge on any atom is 0.303 e. The van der Waals surface area contributed by atoms with Crippen LogP contribution in [0.3, 0.4) is 0 Å². The summed E-state index contributed by atoms with van der Waals surface area (Å²) in [5.41, 5.74) is 1.33. The van der Waals surface area contributed by atoms with Crippen LogP contribution in [0.4, 0.5) is 5.69 Å². The number of carbonyl (C=O) groups is 2. The van der Waals surface area contributed by atoms with E-state index in [1.165, 1.54) is 18.2 Å². The van der Waals surface area contributed by atoms with E-state index in [4.69, 9.17) is 16.7 Å². The van der Waals surface area contributed by atoms with Gasteiger partial charge in [0.2, 0.25) is 10.0 Å². The highest BCUT2D eigenvalue weighted by Gasteiger charge is 2.13. The number of anilines is 1. The van der Waals surface area contributed by atoms with Crippen LogP contribution in [0.25, 0.3) is 0 Å². The molecule has 0 aliphatic heterocycles. The Morgan fingerprint density at radius 1 is 1.04 bits per heavy atom. The molecule has 0 spiro atoms. The third-order valence-electron chi connectivity index (χ3n) is 3.57. The van der Waals surface area contributed by atoms with Gasteiger partial charge in [-0.25, -0.2) is 8.42 Å². The molecule has 0 unspecified atom stereocenters. The second-order valence-electron chi connectivity index (χ2n) is 5.70. The fraction of sp³-hybridized carbons (Fsp3) is 0.222. The van der Waals surface area contributed by atoms with Crippen LogP contribution >= 0.6 is 11.6 Å². The number of carboxylic acid groups (broad SMARTS) is 1. The molecule has 0 heterocycles. The number of hydrogen-bond acceptors (Lipinski definition) is 4. The van der Waals surface area contributed by atoms with Crippen molar-refractivity contribution in [2.24, 2.45) is 0 Å². The van der Waals surface area contributed by atoms with Crippen LogP contribution in [-0.2, 0) is 21.2 Å². The quantitative estimate of drug-likeness (QED) is 0.634. The average molecular weight is 396 g/mol. The standard InChI is InChI=1S/C18H18ClNO5S/c19-15-5-1-3-13(11-15)9-10-26(24,25)20-16-6-2-4-14(12-16)17(21)7-8-18(22)23/h1-6,11-12,20H,7-10H2,(H,22,23). The van der Waals surface area contributed by atoms with E-state index >= 15 is 0 Å². The molecule has 8 heteroatoms. The number of sulfonamides is 1. The molecule has 0 aliphatic rings. The molecule has 2 aromatic rings.